The van der Waals surface area contributed by atoms with Gasteiger partial charge in [0.2, 0.25) is 0 Å². The van der Waals surface area contributed by atoms with Crippen LogP contribution in [-0.2, 0) is 22.5 Å². The smallest absolute Gasteiger partial charge is 0.166 e. The van der Waals surface area contributed by atoms with Gasteiger partial charge in [0.1, 0.15) is 0 Å². The van der Waals surface area contributed by atoms with Crippen LogP contribution < -0.4 is 0 Å². The first-order valence-corrected chi connectivity index (χ1v) is 8.15. The summed E-state index contributed by atoms with van der Waals surface area (Å²) in [5.74, 6) is 0. The Bertz CT molecular complexity index is 626. The van der Waals surface area contributed by atoms with Gasteiger partial charge in [-0.05, 0) is 30.9 Å². The molecule has 3 rings (SSSR count). The molecule has 0 bridgehead atoms. The maximum Gasteiger partial charge on any atom is 0.166 e. The van der Waals surface area contributed by atoms with E-state index < -0.39 is 0 Å². The van der Waals surface area contributed by atoms with Crippen LogP contribution in [0, 0.1) is 12.3 Å². The SMILES string of the molecule is Cc1cccc(CO[C@H]2OCC[C@@]2(CO)Cc2ccccc2)c1. The molecule has 0 unspecified atom stereocenters. The highest BCUT2D eigenvalue weighted by Gasteiger charge is 2.44. The van der Waals surface area contributed by atoms with Crippen LogP contribution in [0.25, 0.3) is 0 Å². The van der Waals surface area contributed by atoms with Crippen LogP contribution in [0.2, 0.25) is 0 Å². The van der Waals surface area contributed by atoms with Crippen molar-refractivity contribution >= 4 is 0 Å². The second kappa shape index (κ2) is 7.26. The lowest BCUT2D eigenvalue weighted by Gasteiger charge is -2.32. The lowest BCUT2D eigenvalue weighted by atomic mass is 9.80. The van der Waals surface area contributed by atoms with Gasteiger partial charge >= 0.3 is 0 Å². The zero-order valence-corrected chi connectivity index (χ0v) is 13.6. The van der Waals surface area contributed by atoms with E-state index in [0.717, 1.165) is 18.4 Å². The molecule has 0 saturated carbocycles. The van der Waals surface area contributed by atoms with Gasteiger partial charge in [-0.1, -0.05) is 60.2 Å². The van der Waals surface area contributed by atoms with E-state index in [1.807, 2.05) is 24.3 Å². The van der Waals surface area contributed by atoms with Gasteiger partial charge in [-0.25, -0.2) is 0 Å². The Balaban J connectivity index is 1.69. The van der Waals surface area contributed by atoms with E-state index in [1.54, 1.807) is 0 Å². The third-order valence-corrected chi connectivity index (χ3v) is 4.57. The quantitative estimate of drug-likeness (QED) is 0.887. The van der Waals surface area contributed by atoms with Crippen molar-refractivity contribution in [2.75, 3.05) is 13.2 Å². The number of ether oxygens (including phenoxy) is 2. The van der Waals surface area contributed by atoms with Gasteiger partial charge in [0.05, 0.1) is 25.2 Å². The Hall–Kier alpha value is -1.68. The number of aliphatic hydroxyl groups excluding tert-OH is 1. The van der Waals surface area contributed by atoms with Crippen LogP contribution in [0.5, 0.6) is 0 Å². The van der Waals surface area contributed by atoms with Gasteiger partial charge in [-0.15, -0.1) is 0 Å². The molecule has 1 N–H and O–H groups in total. The van der Waals surface area contributed by atoms with E-state index in [9.17, 15) is 5.11 Å². The largest absolute Gasteiger partial charge is 0.396 e. The summed E-state index contributed by atoms with van der Waals surface area (Å²) >= 11 is 0. The van der Waals surface area contributed by atoms with E-state index in [-0.39, 0.29) is 18.3 Å². The first kappa shape index (κ1) is 16.2. The lowest BCUT2D eigenvalue weighted by Crippen LogP contribution is -2.38. The van der Waals surface area contributed by atoms with Gasteiger partial charge in [-0.3, -0.25) is 0 Å². The predicted molar refractivity (Wildman–Crippen MR) is 90.0 cm³/mol. The fraction of sp³-hybridized carbons (Fsp3) is 0.400. The zero-order chi connectivity index (χ0) is 16.1. The highest BCUT2D eigenvalue weighted by atomic mass is 16.7. The van der Waals surface area contributed by atoms with Crippen LogP contribution in [-0.4, -0.2) is 24.6 Å². The van der Waals surface area contributed by atoms with E-state index >= 15 is 0 Å². The highest BCUT2D eigenvalue weighted by Crippen LogP contribution is 2.39. The van der Waals surface area contributed by atoms with Crippen LogP contribution in [0.1, 0.15) is 23.1 Å². The molecule has 1 saturated heterocycles. The number of aryl methyl sites for hydroxylation is 1. The standard InChI is InChI=1S/C20H24O3/c1-16-6-5-9-18(12-16)14-23-19-20(15-21,10-11-22-19)13-17-7-3-2-4-8-17/h2-9,12,19,21H,10-11,13-15H2,1H3/t19-,20+/m1/s1. The Labute approximate surface area is 137 Å². The summed E-state index contributed by atoms with van der Waals surface area (Å²) in [7, 11) is 0. The molecule has 1 fully saturated rings. The summed E-state index contributed by atoms with van der Waals surface area (Å²) in [4.78, 5) is 0. The molecule has 1 heterocycles. The normalized spacial score (nSPS) is 24.0. The predicted octanol–water partition coefficient (Wildman–Crippen LogP) is 3.48. The molecule has 0 radical (unpaired) electrons. The Morgan fingerprint density at radius 3 is 2.65 bits per heavy atom. The third kappa shape index (κ3) is 3.81. The van der Waals surface area contributed by atoms with Crippen molar-refractivity contribution in [1.29, 1.82) is 0 Å². The van der Waals surface area contributed by atoms with Crippen molar-refractivity contribution in [1.82, 2.24) is 0 Å². The summed E-state index contributed by atoms with van der Waals surface area (Å²) in [5, 5.41) is 10.0. The second-order valence-electron chi connectivity index (χ2n) is 6.44. The van der Waals surface area contributed by atoms with Gasteiger partial charge in [0.15, 0.2) is 6.29 Å². The Morgan fingerprint density at radius 1 is 1.13 bits per heavy atom. The minimum Gasteiger partial charge on any atom is -0.396 e. The molecule has 2 aromatic carbocycles. The highest BCUT2D eigenvalue weighted by molar-refractivity contribution is 5.21. The summed E-state index contributed by atoms with van der Waals surface area (Å²) in [6.45, 7) is 3.28. The van der Waals surface area contributed by atoms with Gasteiger partial charge in [0, 0.05) is 0 Å². The monoisotopic (exact) mass is 312 g/mol. The number of benzene rings is 2. The number of hydrogen-bond acceptors (Lipinski definition) is 3. The molecule has 0 aromatic heterocycles. The topological polar surface area (TPSA) is 38.7 Å². The number of aliphatic hydroxyl groups is 1. The molecule has 3 heteroatoms. The average molecular weight is 312 g/mol. The van der Waals surface area contributed by atoms with Crippen molar-refractivity contribution < 1.29 is 14.6 Å². The molecule has 0 amide bonds. The second-order valence-corrected chi connectivity index (χ2v) is 6.44. The van der Waals surface area contributed by atoms with Crippen molar-refractivity contribution in [3.05, 3.63) is 71.3 Å². The summed E-state index contributed by atoms with van der Waals surface area (Å²) < 4.78 is 11.8. The molecule has 2 atom stereocenters. The molecular weight excluding hydrogens is 288 g/mol. The molecule has 122 valence electrons. The van der Waals surface area contributed by atoms with Gasteiger partial charge < -0.3 is 14.6 Å². The van der Waals surface area contributed by atoms with Gasteiger partial charge in [-0.2, -0.15) is 0 Å². The molecule has 0 aliphatic carbocycles. The molecule has 3 nitrogen and oxygen atoms in total. The van der Waals surface area contributed by atoms with Crippen LogP contribution in [0.3, 0.4) is 0 Å². The van der Waals surface area contributed by atoms with E-state index in [0.29, 0.717) is 13.2 Å². The van der Waals surface area contributed by atoms with Crippen molar-refractivity contribution in [2.24, 2.45) is 5.41 Å². The molecule has 23 heavy (non-hydrogen) atoms. The summed E-state index contributed by atoms with van der Waals surface area (Å²) in [5.41, 5.74) is 3.20. The van der Waals surface area contributed by atoms with Crippen molar-refractivity contribution in [3.8, 4) is 0 Å². The molecule has 0 spiro atoms. The maximum absolute atomic E-state index is 10.0. The Kier molecular flexibility index (Phi) is 5.11. The number of rotatable bonds is 6. The lowest BCUT2D eigenvalue weighted by molar-refractivity contribution is -0.176. The van der Waals surface area contributed by atoms with Crippen LogP contribution in [0.4, 0.5) is 0 Å². The maximum atomic E-state index is 10.0. The van der Waals surface area contributed by atoms with Crippen LogP contribution in [0.15, 0.2) is 54.6 Å². The molecule has 2 aromatic rings. The Morgan fingerprint density at radius 2 is 1.91 bits per heavy atom. The van der Waals surface area contributed by atoms with Gasteiger partial charge in [0.25, 0.3) is 0 Å². The van der Waals surface area contributed by atoms with E-state index in [1.165, 1.54) is 11.1 Å². The van der Waals surface area contributed by atoms with E-state index in [4.69, 9.17) is 9.47 Å². The molecular formula is C20H24O3. The first-order chi connectivity index (χ1) is 11.2. The average Bonchev–Trinajstić information content (AvgIpc) is 2.97. The zero-order valence-electron chi connectivity index (χ0n) is 13.6. The molecule has 1 aliphatic heterocycles. The van der Waals surface area contributed by atoms with E-state index in [2.05, 4.69) is 37.3 Å². The van der Waals surface area contributed by atoms with Crippen molar-refractivity contribution in [2.45, 2.75) is 32.7 Å². The fourth-order valence-corrected chi connectivity index (χ4v) is 3.25. The summed E-state index contributed by atoms with van der Waals surface area (Å²) in [6.07, 6.45) is 1.22. The number of hydrogen-bond donors (Lipinski definition) is 1. The summed E-state index contributed by atoms with van der Waals surface area (Å²) in [6, 6.07) is 18.5. The third-order valence-electron chi connectivity index (χ3n) is 4.57. The molecule has 1 aliphatic rings. The van der Waals surface area contributed by atoms with Crippen LogP contribution >= 0.6 is 0 Å². The minimum absolute atomic E-state index is 0.0698. The fourth-order valence-electron chi connectivity index (χ4n) is 3.25. The first-order valence-electron chi connectivity index (χ1n) is 8.15. The van der Waals surface area contributed by atoms with Crippen molar-refractivity contribution in [3.63, 3.8) is 0 Å². The minimum atomic E-state index is -0.367.